The van der Waals surface area contributed by atoms with Crippen molar-refractivity contribution >= 4 is 33.6 Å². The van der Waals surface area contributed by atoms with Crippen LogP contribution in [-0.4, -0.2) is 52.6 Å². The summed E-state index contributed by atoms with van der Waals surface area (Å²) in [5.74, 6) is 0.193. The number of hydrogen-bond acceptors (Lipinski definition) is 5. The lowest BCUT2D eigenvalue weighted by atomic mass is 9.78. The highest BCUT2D eigenvalue weighted by Gasteiger charge is 2.66. The molecule has 0 radical (unpaired) electrons. The first-order valence-corrected chi connectivity index (χ1v) is 10.7. The van der Waals surface area contributed by atoms with Gasteiger partial charge in [-0.05, 0) is 47.3 Å². The van der Waals surface area contributed by atoms with Crippen molar-refractivity contribution in [1.82, 2.24) is 9.96 Å². The van der Waals surface area contributed by atoms with E-state index in [9.17, 15) is 4.79 Å². The van der Waals surface area contributed by atoms with Crippen molar-refractivity contribution in [3.05, 3.63) is 45.9 Å². The van der Waals surface area contributed by atoms with Crippen LogP contribution in [0.3, 0.4) is 0 Å². The quantitative estimate of drug-likeness (QED) is 0.662. The number of hydrogen-bond donors (Lipinski definition) is 0. The van der Waals surface area contributed by atoms with Gasteiger partial charge in [0.05, 0.1) is 23.4 Å². The maximum Gasteiger partial charge on any atom is 0.278 e. The van der Waals surface area contributed by atoms with Crippen molar-refractivity contribution in [2.24, 2.45) is 5.92 Å². The topological polar surface area (TPSA) is 42.0 Å². The van der Waals surface area contributed by atoms with Crippen LogP contribution in [0.2, 0.25) is 0 Å². The summed E-state index contributed by atoms with van der Waals surface area (Å²) in [4.78, 5) is 21.6. The zero-order valence-corrected chi connectivity index (χ0v) is 17.0. The number of amides is 1. The van der Waals surface area contributed by atoms with E-state index in [-0.39, 0.29) is 22.8 Å². The summed E-state index contributed by atoms with van der Waals surface area (Å²) in [6, 6.07) is 9.39. The molecule has 5 rings (SSSR count). The van der Waals surface area contributed by atoms with Crippen LogP contribution in [0.1, 0.15) is 29.6 Å². The van der Waals surface area contributed by atoms with E-state index < -0.39 is 5.54 Å². The van der Waals surface area contributed by atoms with Crippen LogP contribution in [-0.2, 0) is 9.57 Å². The van der Waals surface area contributed by atoms with Crippen molar-refractivity contribution in [2.75, 3.05) is 20.3 Å². The molecule has 1 aromatic carbocycles. The van der Waals surface area contributed by atoms with Gasteiger partial charge in [-0.3, -0.25) is 9.63 Å². The Hall–Kier alpha value is -1.02. The van der Waals surface area contributed by atoms with E-state index in [1.807, 2.05) is 30.3 Å². The molecule has 3 atom stereocenters. The molecule has 3 fully saturated rings. The fourth-order valence-corrected chi connectivity index (χ4v) is 6.41. The van der Waals surface area contributed by atoms with Crippen LogP contribution in [0, 0.1) is 5.92 Å². The highest BCUT2D eigenvalue weighted by atomic mass is 79.9. The summed E-state index contributed by atoms with van der Waals surface area (Å²) in [5.41, 5.74) is 0.194. The number of carbonyl (C=O) groups excluding carboxylic acids is 1. The van der Waals surface area contributed by atoms with E-state index in [0.717, 1.165) is 23.9 Å². The van der Waals surface area contributed by atoms with E-state index in [1.165, 1.54) is 0 Å². The predicted molar refractivity (Wildman–Crippen MR) is 103 cm³/mol. The molecular formula is C19H21BrN2O3S. The van der Waals surface area contributed by atoms with Gasteiger partial charge in [-0.1, -0.05) is 18.2 Å². The van der Waals surface area contributed by atoms with Gasteiger partial charge in [0.1, 0.15) is 10.9 Å². The Morgan fingerprint density at radius 2 is 2.08 bits per heavy atom. The molecule has 1 amide bonds. The summed E-state index contributed by atoms with van der Waals surface area (Å²) in [6.45, 7) is 1.10. The minimum Gasteiger partial charge on any atom is -0.372 e. The van der Waals surface area contributed by atoms with Gasteiger partial charge in [0.15, 0.2) is 0 Å². The van der Waals surface area contributed by atoms with Crippen LogP contribution in [0.5, 0.6) is 0 Å². The zero-order chi connectivity index (χ0) is 17.9. The standard InChI is InChI=1S/C19H21BrN2O3S/c1-21-15(20)11-26-17(21)19-12-24-18(7-8-18)9-14(19)10-25-22(19)16(23)13-5-3-2-4-6-13/h2-6,11,14,17H,7-10,12H2,1H3/t14-,17?,19-/m0/s1. The van der Waals surface area contributed by atoms with E-state index in [2.05, 4.69) is 33.3 Å². The SMILES string of the molecule is CN1C(Br)=CSC1[C@]12COC3(CC3)C[C@H]1CON2C(=O)c1ccccc1. The van der Waals surface area contributed by atoms with Crippen molar-refractivity contribution in [2.45, 2.75) is 35.8 Å². The van der Waals surface area contributed by atoms with Gasteiger partial charge in [0.25, 0.3) is 5.91 Å². The molecule has 26 heavy (non-hydrogen) atoms. The molecule has 1 aromatic rings. The van der Waals surface area contributed by atoms with Gasteiger partial charge in [-0.15, -0.1) is 11.8 Å². The number of nitrogens with zero attached hydrogens (tertiary/aromatic N) is 2. The Morgan fingerprint density at radius 1 is 1.31 bits per heavy atom. The van der Waals surface area contributed by atoms with Gasteiger partial charge in [0.2, 0.25) is 0 Å². The Labute approximate surface area is 165 Å². The fourth-order valence-electron chi connectivity index (χ4n) is 4.45. The van der Waals surface area contributed by atoms with E-state index in [1.54, 1.807) is 16.8 Å². The lowest BCUT2D eigenvalue weighted by molar-refractivity contribution is -0.172. The highest BCUT2D eigenvalue weighted by Crippen LogP contribution is 2.58. The summed E-state index contributed by atoms with van der Waals surface area (Å²) in [5, 5.41) is 3.80. The molecule has 0 N–H and O–H groups in total. The maximum absolute atomic E-state index is 13.3. The smallest absolute Gasteiger partial charge is 0.278 e. The van der Waals surface area contributed by atoms with Gasteiger partial charge in [-0.2, -0.15) is 0 Å². The second-order valence-corrected chi connectivity index (χ2v) is 9.43. The number of hydroxylamine groups is 2. The normalized spacial score (nSPS) is 34.8. The number of benzene rings is 1. The van der Waals surface area contributed by atoms with Gasteiger partial charge in [0, 0.05) is 23.9 Å². The summed E-state index contributed by atoms with van der Waals surface area (Å²) in [7, 11) is 2.06. The Balaban J connectivity index is 1.53. The lowest BCUT2D eigenvalue weighted by Crippen LogP contribution is -2.66. The second kappa shape index (κ2) is 5.99. The first-order chi connectivity index (χ1) is 12.6. The van der Waals surface area contributed by atoms with Gasteiger partial charge in [-0.25, -0.2) is 5.06 Å². The van der Waals surface area contributed by atoms with Crippen molar-refractivity contribution in [1.29, 1.82) is 0 Å². The summed E-state index contributed by atoms with van der Waals surface area (Å²) < 4.78 is 7.39. The first kappa shape index (κ1) is 17.1. The van der Waals surface area contributed by atoms with Crippen LogP contribution in [0.4, 0.5) is 0 Å². The lowest BCUT2D eigenvalue weighted by Gasteiger charge is -2.50. The van der Waals surface area contributed by atoms with Crippen LogP contribution in [0.25, 0.3) is 0 Å². The summed E-state index contributed by atoms with van der Waals surface area (Å²) >= 11 is 5.35. The Morgan fingerprint density at radius 3 is 2.73 bits per heavy atom. The molecule has 0 aromatic heterocycles. The summed E-state index contributed by atoms with van der Waals surface area (Å²) in [6.07, 6.45) is 3.22. The minimum absolute atomic E-state index is 0.0375. The van der Waals surface area contributed by atoms with E-state index in [4.69, 9.17) is 9.57 Å². The van der Waals surface area contributed by atoms with Gasteiger partial charge < -0.3 is 9.64 Å². The second-order valence-electron chi connectivity index (χ2n) is 7.67. The average Bonchev–Trinajstić information content (AvgIpc) is 3.18. The fraction of sp³-hybridized carbons (Fsp3) is 0.526. The molecule has 1 saturated carbocycles. The zero-order valence-electron chi connectivity index (χ0n) is 14.6. The molecule has 4 aliphatic rings. The van der Waals surface area contributed by atoms with Crippen molar-refractivity contribution in [3.63, 3.8) is 0 Å². The number of likely N-dealkylation sites (N-methyl/N-ethyl adjacent to an activating group) is 1. The Bertz CT molecular complexity index is 769. The third-order valence-electron chi connectivity index (χ3n) is 6.14. The molecule has 1 unspecified atom stereocenters. The number of halogens is 1. The minimum atomic E-state index is -0.494. The molecule has 1 spiro atoms. The van der Waals surface area contributed by atoms with E-state index in [0.29, 0.717) is 18.8 Å². The third kappa shape index (κ3) is 2.40. The monoisotopic (exact) mass is 436 g/mol. The molecule has 3 aliphatic heterocycles. The molecule has 3 heterocycles. The maximum atomic E-state index is 13.3. The molecule has 5 nitrogen and oxygen atoms in total. The molecule has 7 heteroatoms. The van der Waals surface area contributed by atoms with Crippen LogP contribution in [0.15, 0.2) is 40.3 Å². The van der Waals surface area contributed by atoms with Crippen LogP contribution < -0.4 is 0 Å². The highest BCUT2D eigenvalue weighted by molar-refractivity contribution is 9.11. The number of ether oxygens (including phenoxy) is 1. The largest absolute Gasteiger partial charge is 0.372 e. The van der Waals surface area contributed by atoms with E-state index >= 15 is 0 Å². The molecule has 138 valence electrons. The number of rotatable bonds is 2. The van der Waals surface area contributed by atoms with Crippen molar-refractivity contribution < 1.29 is 14.4 Å². The molecule has 1 aliphatic carbocycles. The van der Waals surface area contributed by atoms with Crippen molar-refractivity contribution in [3.8, 4) is 0 Å². The predicted octanol–water partition coefficient (Wildman–Crippen LogP) is 3.58. The number of fused-ring (bicyclic) bond motifs is 1. The van der Waals surface area contributed by atoms with Crippen LogP contribution >= 0.6 is 27.7 Å². The molecule has 2 saturated heterocycles. The molecule has 0 bridgehead atoms. The Kier molecular flexibility index (Phi) is 3.94. The first-order valence-electron chi connectivity index (χ1n) is 8.96. The third-order valence-corrected chi connectivity index (χ3v) is 8.57. The van der Waals surface area contributed by atoms with Gasteiger partial charge >= 0.3 is 0 Å². The molecular weight excluding hydrogens is 416 g/mol. The number of thioether (sulfide) groups is 1. The average molecular weight is 437 g/mol. The number of carbonyl (C=O) groups is 1.